The van der Waals surface area contributed by atoms with E-state index in [0.29, 0.717) is 9.90 Å². The number of aryl methyl sites for hydroxylation is 2. The van der Waals surface area contributed by atoms with Crippen LogP contribution < -0.4 is 0 Å². The summed E-state index contributed by atoms with van der Waals surface area (Å²) in [6, 6.07) is 9.08. The van der Waals surface area contributed by atoms with Gasteiger partial charge in [0.25, 0.3) is 0 Å². The van der Waals surface area contributed by atoms with E-state index in [4.69, 9.17) is 0 Å². The van der Waals surface area contributed by atoms with Gasteiger partial charge in [0.15, 0.2) is 9.84 Å². The van der Waals surface area contributed by atoms with Gasteiger partial charge in [0.2, 0.25) is 0 Å². The van der Waals surface area contributed by atoms with Crippen molar-refractivity contribution in [1.82, 2.24) is 9.55 Å². The van der Waals surface area contributed by atoms with E-state index in [0.717, 1.165) is 23.4 Å². The van der Waals surface area contributed by atoms with Gasteiger partial charge in [-0.25, -0.2) is 13.4 Å². The number of thiazole rings is 1. The number of hydrogen-bond acceptors (Lipinski definition) is 4. The molecule has 132 valence electrons. The van der Waals surface area contributed by atoms with Crippen molar-refractivity contribution in [3.63, 3.8) is 0 Å². The van der Waals surface area contributed by atoms with Crippen LogP contribution in [0.4, 0.5) is 0 Å². The Hall–Kier alpha value is -1.92. The lowest BCUT2D eigenvalue weighted by Gasteiger charge is -2.05. The Morgan fingerprint density at radius 3 is 2.40 bits per heavy atom. The summed E-state index contributed by atoms with van der Waals surface area (Å²) in [7, 11) is -3.37. The molecule has 0 bridgehead atoms. The van der Waals surface area contributed by atoms with E-state index in [1.54, 1.807) is 12.1 Å². The Morgan fingerprint density at radius 2 is 1.80 bits per heavy atom. The third kappa shape index (κ3) is 3.55. The van der Waals surface area contributed by atoms with E-state index in [2.05, 4.69) is 36.4 Å². The van der Waals surface area contributed by atoms with Gasteiger partial charge in [0.1, 0.15) is 10.8 Å². The lowest BCUT2D eigenvalue weighted by atomic mass is 10.2. The predicted octanol–water partition coefficient (Wildman–Crippen LogP) is 4.53. The molecule has 0 amide bonds. The molecule has 2 aromatic heterocycles. The molecule has 0 fully saturated rings. The van der Waals surface area contributed by atoms with Crippen molar-refractivity contribution in [1.29, 1.82) is 0 Å². The van der Waals surface area contributed by atoms with E-state index in [-0.39, 0.29) is 5.75 Å². The smallest absolute Gasteiger partial charge is 0.184 e. The molecule has 1 aromatic carbocycles. The molecule has 0 N–H and O–H groups in total. The van der Waals surface area contributed by atoms with Gasteiger partial charge < -0.3 is 4.57 Å². The highest BCUT2D eigenvalue weighted by Gasteiger charge is 2.19. The zero-order valence-electron chi connectivity index (χ0n) is 14.9. The number of sulfone groups is 1. The first-order valence-electron chi connectivity index (χ1n) is 8.22. The molecular weight excluding hydrogens is 352 g/mol. The average Bonchev–Trinajstić information content (AvgIpc) is 3.11. The fourth-order valence-corrected chi connectivity index (χ4v) is 5.46. The van der Waals surface area contributed by atoms with E-state index >= 15 is 0 Å². The van der Waals surface area contributed by atoms with Crippen molar-refractivity contribution in [3.05, 3.63) is 57.7 Å². The molecule has 0 spiro atoms. The van der Waals surface area contributed by atoms with Crippen molar-refractivity contribution >= 4 is 21.2 Å². The molecule has 0 saturated carbocycles. The van der Waals surface area contributed by atoms with Gasteiger partial charge in [0.05, 0.1) is 10.6 Å². The summed E-state index contributed by atoms with van der Waals surface area (Å²) >= 11 is 1.40. The Bertz CT molecular complexity index is 997. The first-order chi connectivity index (χ1) is 11.8. The quantitative estimate of drug-likeness (QED) is 0.659. The molecule has 0 atom stereocenters. The highest BCUT2D eigenvalue weighted by molar-refractivity contribution is 7.90. The first-order valence-corrected chi connectivity index (χ1v) is 10.8. The Labute approximate surface area is 153 Å². The number of rotatable bonds is 5. The van der Waals surface area contributed by atoms with Gasteiger partial charge in [-0.15, -0.1) is 11.3 Å². The van der Waals surface area contributed by atoms with Gasteiger partial charge in [-0.2, -0.15) is 0 Å². The summed E-state index contributed by atoms with van der Waals surface area (Å²) < 4.78 is 27.4. The van der Waals surface area contributed by atoms with Crippen molar-refractivity contribution in [2.24, 2.45) is 0 Å². The van der Waals surface area contributed by atoms with Crippen LogP contribution in [0.3, 0.4) is 0 Å². The lowest BCUT2D eigenvalue weighted by Crippen LogP contribution is -2.04. The number of benzene rings is 1. The van der Waals surface area contributed by atoms with Gasteiger partial charge in [-0.05, 0) is 45.9 Å². The largest absolute Gasteiger partial charge is 0.349 e. The van der Waals surface area contributed by atoms with E-state index < -0.39 is 9.84 Å². The third-order valence-corrected chi connectivity index (χ3v) is 7.09. The Morgan fingerprint density at radius 1 is 1.12 bits per heavy atom. The molecule has 2 heterocycles. The van der Waals surface area contributed by atoms with Crippen LogP contribution >= 0.6 is 11.3 Å². The van der Waals surface area contributed by atoms with Gasteiger partial charge >= 0.3 is 0 Å². The van der Waals surface area contributed by atoms with Crippen LogP contribution in [-0.2, 0) is 22.1 Å². The predicted molar refractivity (Wildman–Crippen MR) is 103 cm³/mol. The Balaban J connectivity index is 1.88. The standard InChI is InChI=1S/C19H22N2O2S2/c1-5-21-14(3)10-17(15(21)4)18-11-24-19(20-18)12-25(22,23)16-8-6-13(2)7-9-16/h6-11H,5,12H2,1-4H3. The maximum absolute atomic E-state index is 12.6. The number of hydrogen-bond donors (Lipinski definition) is 0. The van der Waals surface area contributed by atoms with Crippen LogP contribution in [-0.4, -0.2) is 18.0 Å². The normalized spacial score (nSPS) is 11.8. The summed E-state index contributed by atoms with van der Waals surface area (Å²) in [6.07, 6.45) is 0. The van der Waals surface area contributed by atoms with Gasteiger partial charge in [-0.1, -0.05) is 17.7 Å². The highest BCUT2D eigenvalue weighted by atomic mass is 32.2. The summed E-state index contributed by atoms with van der Waals surface area (Å²) in [5.74, 6) is -0.0623. The van der Waals surface area contributed by atoms with Crippen LogP contribution in [0.1, 0.15) is 28.9 Å². The summed E-state index contributed by atoms with van der Waals surface area (Å²) in [4.78, 5) is 4.93. The molecule has 0 saturated heterocycles. The molecule has 0 aliphatic heterocycles. The van der Waals surface area contributed by atoms with Crippen molar-refractivity contribution in [2.75, 3.05) is 0 Å². The summed E-state index contributed by atoms with van der Waals surface area (Å²) in [5.41, 5.74) is 5.33. The molecular formula is C19H22N2O2S2. The second kappa shape index (κ2) is 6.77. The molecule has 0 radical (unpaired) electrons. The second-order valence-corrected chi connectivity index (χ2v) is 9.16. The van der Waals surface area contributed by atoms with Crippen molar-refractivity contribution in [3.8, 4) is 11.3 Å². The summed E-state index contributed by atoms with van der Waals surface area (Å²) in [5, 5.41) is 2.57. The van der Waals surface area contributed by atoms with E-state index in [1.165, 1.54) is 22.7 Å². The number of aromatic nitrogens is 2. The highest BCUT2D eigenvalue weighted by Crippen LogP contribution is 2.29. The minimum Gasteiger partial charge on any atom is -0.349 e. The fourth-order valence-electron chi connectivity index (χ4n) is 3.04. The molecule has 4 nitrogen and oxygen atoms in total. The fraction of sp³-hybridized carbons (Fsp3) is 0.316. The van der Waals surface area contributed by atoms with Crippen LogP contribution in [0.15, 0.2) is 40.6 Å². The second-order valence-electron chi connectivity index (χ2n) is 6.23. The SMILES string of the molecule is CCn1c(C)cc(-c2csc(CS(=O)(=O)c3ccc(C)cc3)n2)c1C. The monoisotopic (exact) mass is 374 g/mol. The van der Waals surface area contributed by atoms with Crippen molar-refractivity contribution < 1.29 is 8.42 Å². The third-order valence-electron chi connectivity index (χ3n) is 4.41. The molecule has 6 heteroatoms. The topological polar surface area (TPSA) is 52.0 Å². The lowest BCUT2D eigenvalue weighted by molar-refractivity contribution is 0.595. The average molecular weight is 375 g/mol. The number of nitrogens with zero attached hydrogens (tertiary/aromatic N) is 2. The minimum atomic E-state index is -3.37. The minimum absolute atomic E-state index is 0.0623. The molecule has 3 rings (SSSR count). The van der Waals surface area contributed by atoms with Crippen molar-refractivity contribution in [2.45, 2.75) is 44.9 Å². The maximum atomic E-state index is 12.6. The molecule has 3 aromatic rings. The van der Waals surface area contributed by atoms with E-state index in [9.17, 15) is 8.42 Å². The van der Waals surface area contributed by atoms with Crippen LogP contribution in [0.2, 0.25) is 0 Å². The van der Waals surface area contributed by atoms with Gasteiger partial charge in [-0.3, -0.25) is 0 Å². The zero-order chi connectivity index (χ0) is 18.2. The first kappa shape index (κ1) is 17.9. The van der Waals surface area contributed by atoms with Gasteiger partial charge in [0, 0.05) is 28.9 Å². The van der Waals surface area contributed by atoms with Crippen LogP contribution in [0, 0.1) is 20.8 Å². The Kier molecular flexibility index (Phi) is 4.84. The molecule has 25 heavy (non-hydrogen) atoms. The molecule has 0 unspecified atom stereocenters. The zero-order valence-corrected chi connectivity index (χ0v) is 16.5. The van der Waals surface area contributed by atoms with E-state index in [1.807, 2.05) is 24.4 Å². The maximum Gasteiger partial charge on any atom is 0.184 e. The summed E-state index contributed by atoms with van der Waals surface area (Å²) in [6.45, 7) is 9.13. The van der Waals surface area contributed by atoms with Crippen LogP contribution in [0.5, 0.6) is 0 Å². The molecule has 0 aliphatic carbocycles. The molecule has 0 aliphatic rings. The van der Waals surface area contributed by atoms with Crippen LogP contribution in [0.25, 0.3) is 11.3 Å².